The lowest BCUT2D eigenvalue weighted by atomic mass is 10.2. The molecule has 15 rings (SSSR count). The molecule has 1 saturated heterocycles. The summed E-state index contributed by atoms with van der Waals surface area (Å²) in [6.45, 7) is 7.04. The molecule has 14 heteroatoms. The minimum Gasteiger partial charge on any atom is -0.493 e. The molecule has 0 saturated carbocycles. The molecule has 10 aromatic carbocycles. The largest absolute Gasteiger partial charge is 0.493 e. The van der Waals surface area contributed by atoms with Gasteiger partial charge in [-0.2, -0.15) is 0 Å². The number of nitrogens with zero attached hydrogens (tertiary/aromatic N) is 4. The van der Waals surface area contributed by atoms with Crippen molar-refractivity contribution in [3.05, 3.63) is 242 Å². The van der Waals surface area contributed by atoms with E-state index in [1.807, 2.05) is 12.1 Å². The van der Waals surface area contributed by atoms with Crippen molar-refractivity contribution in [2.24, 2.45) is 5.73 Å². The summed E-state index contributed by atoms with van der Waals surface area (Å²) >= 11 is 0. The summed E-state index contributed by atoms with van der Waals surface area (Å²) in [6.07, 6.45) is 6.36. The summed E-state index contributed by atoms with van der Waals surface area (Å²) in [6, 6.07) is 82.3. The SMILES string of the molecule is NC1NC(NCc2cc(OCCCCn3c4ccccc4c4ccccc43)cc(OCCCCn3c4ccccc4c4ccccc43)c2)NC(NCc2cc(OCCCCn3c4ccccc4c4ccccc43)cc(OCCCCn3c4ccccc4c4ccccc43)c2)N1. The summed E-state index contributed by atoms with van der Waals surface area (Å²) < 4.78 is 36.2. The van der Waals surface area contributed by atoms with Gasteiger partial charge in [0, 0.05) is 139 Å². The second-order valence-corrected chi connectivity index (χ2v) is 25.2. The molecule has 2 unspecified atom stereocenters. The molecule has 4 aromatic heterocycles. The standard InChI is InChI=1S/C81H84N10O4/c82-79-85-80(83-55-57-49-59(92-45-21-17-41-88-71-33-9-1-25-63(71)64-26-2-10-34-72(64)88)53-60(50-57)93-46-22-18-42-89-73-35-11-3-27-65(73)66-28-4-12-36-74(66)89)87-81(86-79)84-56-58-51-61(94-47-23-19-43-90-75-37-13-5-29-67(75)68-30-6-14-38-76(68)90)54-62(52-58)95-48-24-20-44-91-77-39-15-7-31-69(77)70-32-8-16-40-78(70)91/h1-16,25-40,49-54,79-81,83-87H,17-24,41-48,55-56,82H2. The first-order chi connectivity index (χ1) is 47.0. The number of benzene rings is 10. The Bertz CT molecular complexity index is 4150. The van der Waals surface area contributed by atoms with Gasteiger partial charge in [0.15, 0.2) is 0 Å². The van der Waals surface area contributed by atoms with Gasteiger partial charge in [-0.25, -0.2) is 0 Å². The van der Waals surface area contributed by atoms with Gasteiger partial charge in [-0.05, 0) is 135 Å². The summed E-state index contributed by atoms with van der Waals surface area (Å²) in [4.78, 5) is 0. The van der Waals surface area contributed by atoms with Gasteiger partial charge in [0.05, 0.1) is 26.4 Å². The van der Waals surface area contributed by atoms with Crippen LogP contribution in [0.5, 0.6) is 23.0 Å². The summed E-state index contributed by atoms with van der Waals surface area (Å²) in [5.41, 5.74) is 18.9. The zero-order valence-corrected chi connectivity index (χ0v) is 53.9. The fraction of sp³-hybridized carbons (Fsp3) is 0.259. The predicted molar refractivity (Wildman–Crippen MR) is 388 cm³/mol. The number of aromatic nitrogens is 4. The Labute approximate surface area is 554 Å². The molecular weight excluding hydrogens is 1180 g/mol. The van der Waals surface area contributed by atoms with Gasteiger partial charge >= 0.3 is 0 Å². The average Bonchev–Trinajstić information content (AvgIpc) is 1.66. The van der Waals surface area contributed by atoms with Gasteiger partial charge < -0.3 is 42.9 Å². The van der Waals surface area contributed by atoms with E-state index in [1.54, 1.807) is 0 Å². The van der Waals surface area contributed by atoms with Gasteiger partial charge in [0.1, 0.15) is 41.9 Å². The van der Waals surface area contributed by atoms with Crippen LogP contribution in [0.25, 0.3) is 87.2 Å². The van der Waals surface area contributed by atoms with Crippen LogP contribution in [-0.4, -0.2) is 63.6 Å². The maximum absolute atomic E-state index is 6.68. The van der Waals surface area contributed by atoms with Gasteiger partial charge in [-0.3, -0.25) is 26.6 Å². The number of hydrogen-bond acceptors (Lipinski definition) is 10. The molecule has 7 N–H and O–H groups in total. The first-order valence-electron chi connectivity index (χ1n) is 34.2. The summed E-state index contributed by atoms with van der Waals surface area (Å²) in [5.74, 6) is 3.16. The molecule has 2 atom stereocenters. The Balaban J connectivity index is 0.589. The Hall–Kier alpha value is -9.64. The fourth-order valence-corrected chi connectivity index (χ4v) is 14.4. The molecule has 95 heavy (non-hydrogen) atoms. The first-order valence-corrected chi connectivity index (χ1v) is 34.2. The highest BCUT2D eigenvalue weighted by Crippen LogP contribution is 2.34. The van der Waals surface area contributed by atoms with E-state index >= 15 is 0 Å². The topological polar surface area (TPSA) is 143 Å². The molecule has 14 aromatic rings. The van der Waals surface area contributed by atoms with Gasteiger partial charge in [-0.1, -0.05) is 146 Å². The highest BCUT2D eigenvalue weighted by Gasteiger charge is 2.25. The Kier molecular flexibility index (Phi) is 18.7. The quantitative estimate of drug-likeness (QED) is 0.0241. The molecule has 0 spiro atoms. The van der Waals surface area contributed by atoms with E-state index in [0.29, 0.717) is 39.5 Å². The van der Waals surface area contributed by atoms with Crippen LogP contribution < -0.4 is 51.3 Å². The number of fused-ring (bicyclic) bond motifs is 12. The second-order valence-electron chi connectivity index (χ2n) is 25.2. The van der Waals surface area contributed by atoms with Crippen molar-refractivity contribution < 1.29 is 18.9 Å². The van der Waals surface area contributed by atoms with Crippen LogP contribution in [0.4, 0.5) is 0 Å². The third-order valence-corrected chi connectivity index (χ3v) is 18.8. The second kappa shape index (κ2) is 28.9. The average molecular weight is 1260 g/mol. The predicted octanol–water partition coefficient (Wildman–Crippen LogP) is 16.0. The molecule has 0 radical (unpaired) electrons. The number of hydrogen-bond donors (Lipinski definition) is 6. The van der Waals surface area contributed by atoms with E-state index in [9.17, 15) is 0 Å². The van der Waals surface area contributed by atoms with E-state index in [2.05, 4.69) is 263 Å². The van der Waals surface area contributed by atoms with E-state index in [-0.39, 0.29) is 12.6 Å². The molecule has 1 aliphatic rings. The van der Waals surface area contributed by atoms with E-state index in [1.165, 1.54) is 87.2 Å². The molecule has 1 aliphatic heterocycles. The maximum Gasteiger partial charge on any atom is 0.123 e. The highest BCUT2D eigenvalue weighted by atomic mass is 16.5. The zero-order chi connectivity index (χ0) is 63.7. The van der Waals surface area contributed by atoms with Crippen LogP contribution in [-0.2, 0) is 39.3 Å². The number of rotatable bonds is 30. The fourth-order valence-electron chi connectivity index (χ4n) is 14.4. The number of nitrogens with one attached hydrogen (secondary N) is 5. The lowest BCUT2D eigenvalue weighted by Crippen LogP contribution is -2.76. The minimum absolute atomic E-state index is 0.335. The van der Waals surface area contributed by atoms with Crippen LogP contribution >= 0.6 is 0 Å². The summed E-state index contributed by atoms with van der Waals surface area (Å²) in [5, 5.41) is 28.3. The minimum atomic E-state index is -0.497. The Morgan fingerprint density at radius 2 is 0.505 bits per heavy atom. The number of ether oxygens (including phenoxy) is 4. The lowest BCUT2D eigenvalue weighted by molar-refractivity contribution is 0.152. The van der Waals surface area contributed by atoms with Crippen molar-refractivity contribution in [1.29, 1.82) is 0 Å². The highest BCUT2D eigenvalue weighted by molar-refractivity contribution is 6.10. The zero-order valence-electron chi connectivity index (χ0n) is 53.9. The molecule has 1 fully saturated rings. The molecule has 5 heterocycles. The van der Waals surface area contributed by atoms with Crippen molar-refractivity contribution in [3.63, 3.8) is 0 Å². The third-order valence-electron chi connectivity index (χ3n) is 18.8. The van der Waals surface area contributed by atoms with E-state index in [4.69, 9.17) is 24.7 Å². The Morgan fingerprint density at radius 1 is 0.284 bits per heavy atom. The van der Waals surface area contributed by atoms with Crippen molar-refractivity contribution in [2.75, 3.05) is 26.4 Å². The lowest BCUT2D eigenvalue weighted by Gasteiger charge is -2.38. The van der Waals surface area contributed by atoms with Gasteiger partial charge in [-0.15, -0.1) is 0 Å². The molecule has 0 amide bonds. The molecule has 0 bridgehead atoms. The van der Waals surface area contributed by atoms with Crippen LogP contribution in [0.3, 0.4) is 0 Å². The van der Waals surface area contributed by atoms with Crippen LogP contribution in [0.2, 0.25) is 0 Å². The number of nitrogens with two attached hydrogens (primary N) is 1. The van der Waals surface area contributed by atoms with Gasteiger partial charge in [0.25, 0.3) is 0 Å². The molecule has 482 valence electrons. The van der Waals surface area contributed by atoms with E-state index < -0.39 is 6.29 Å². The van der Waals surface area contributed by atoms with Crippen LogP contribution in [0.1, 0.15) is 62.5 Å². The van der Waals surface area contributed by atoms with Crippen molar-refractivity contribution >= 4 is 87.2 Å². The third kappa shape index (κ3) is 13.7. The van der Waals surface area contributed by atoms with Crippen molar-refractivity contribution in [2.45, 2.75) is 110 Å². The van der Waals surface area contributed by atoms with Crippen molar-refractivity contribution in [3.8, 4) is 23.0 Å². The number of para-hydroxylation sites is 8. The maximum atomic E-state index is 6.68. The van der Waals surface area contributed by atoms with Crippen LogP contribution in [0.15, 0.2) is 231 Å². The number of unbranched alkanes of at least 4 members (excludes halogenated alkanes) is 4. The Morgan fingerprint density at radius 3 is 0.737 bits per heavy atom. The first kappa shape index (κ1) is 61.5. The van der Waals surface area contributed by atoms with Crippen molar-refractivity contribution in [1.82, 2.24) is 44.9 Å². The van der Waals surface area contributed by atoms with Gasteiger partial charge in [0.2, 0.25) is 0 Å². The number of aryl methyl sites for hydroxylation is 4. The molecule has 0 aliphatic carbocycles. The molecule has 14 nitrogen and oxygen atoms in total. The normalized spacial score (nSPS) is 15.2. The van der Waals surface area contributed by atoms with Crippen LogP contribution in [0, 0.1) is 0 Å². The summed E-state index contributed by atoms with van der Waals surface area (Å²) in [7, 11) is 0. The molecular formula is C81H84N10O4. The smallest absolute Gasteiger partial charge is 0.123 e. The van der Waals surface area contributed by atoms with E-state index in [0.717, 1.165) is 112 Å². The monoisotopic (exact) mass is 1260 g/mol.